The van der Waals surface area contributed by atoms with Crippen LogP contribution in [0.15, 0.2) is 18.3 Å². The van der Waals surface area contributed by atoms with E-state index in [0.717, 1.165) is 25.1 Å². The molecule has 1 saturated carbocycles. The SMILES string of the molecule is CN(CC1(N(C)C)CCC1)C(=O)c1ccnc(CN)c1. The van der Waals surface area contributed by atoms with Crippen LogP contribution in [0.3, 0.4) is 0 Å². The van der Waals surface area contributed by atoms with Gasteiger partial charge in [0.15, 0.2) is 0 Å². The number of carbonyl (C=O) groups is 1. The molecular formula is C15H24N4O. The molecule has 1 aromatic heterocycles. The molecule has 0 bridgehead atoms. The van der Waals surface area contributed by atoms with Crippen molar-refractivity contribution in [1.29, 1.82) is 0 Å². The van der Waals surface area contributed by atoms with E-state index in [-0.39, 0.29) is 11.4 Å². The molecule has 0 spiro atoms. The van der Waals surface area contributed by atoms with Crippen LogP contribution in [0.25, 0.3) is 0 Å². The lowest BCUT2D eigenvalue weighted by atomic mass is 9.75. The van der Waals surface area contributed by atoms with Gasteiger partial charge in [-0.05, 0) is 45.5 Å². The van der Waals surface area contributed by atoms with Crippen LogP contribution >= 0.6 is 0 Å². The van der Waals surface area contributed by atoms with Crippen LogP contribution in [0, 0.1) is 0 Å². The number of rotatable bonds is 5. The molecule has 0 atom stereocenters. The Balaban J connectivity index is 2.08. The molecule has 5 heteroatoms. The second-order valence-electron chi connectivity index (χ2n) is 5.87. The van der Waals surface area contributed by atoms with Gasteiger partial charge in [-0.1, -0.05) is 0 Å². The van der Waals surface area contributed by atoms with Gasteiger partial charge in [-0.25, -0.2) is 0 Å². The fourth-order valence-corrected chi connectivity index (χ4v) is 2.79. The van der Waals surface area contributed by atoms with E-state index in [9.17, 15) is 4.79 Å². The van der Waals surface area contributed by atoms with E-state index in [1.165, 1.54) is 6.42 Å². The summed E-state index contributed by atoms with van der Waals surface area (Å²) in [5.41, 5.74) is 7.13. The van der Waals surface area contributed by atoms with Gasteiger partial charge in [-0.2, -0.15) is 0 Å². The van der Waals surface area contributed by atoms with Crippen molar-refractivity contribution in [2.24, 2.45) is 5.73 Å². The van der Waals surface area contributed by atoms with Crippen molar-refractivity contribution < 1.29 is 4.79 Å². The van der Waals surface area contributed by atoms with Crippen LogP contribution < -0.4 is 5.73 Å². The topological polar surface area (TPSA) is 62.5 Å². The number of nitrogens with two attached hydrogens (primary N) is 1. The van der Waals surface area contributed by atoms with Crippen LogP contribution in [-0.2, 0) is 6.54 Å². The van der Waals surface area contributed by atoms with Crippen molar-refractivity contribution >= 4 is 5.91 Å². The largest absolute Gasteiger partial charge is 0.340 e. The molecule has 0 aromatic carbocycles. The summed E-state index contributed by atoms with van der Waals surface area (Å²) >= 11 is 0. The monoisotopic (exact) mass is 276 g/mol. The Morgan fingerprint density at radius 3 is 2.60 bits per heavy atom. The van der Waals surface area contributed by atoms with Crippen LogP contribution in [0.2, 0.25) is 0 Å². The maximum Gasteiger partial charge on any atom is 0.253 e. The highest BCUT2D eigenvalue weighted by Gasteiger charge is 2.40. The Kier molecular flexibility index (Phi) is 4.40. The molecule has 1 aliphatic carbocycles. The van der Waals surface area contributed by atoms with Crippen molar-refractivity contribution in [2.45, 2.75) is 31.3 Å². The van der Waals surface area contributed by atoms with E-state index in [0.29, 0.717) is 12.1 Å². The second kappa shape index (κ2) is 5.89. The predicted molar refractivity (Wildman–Crippen MR) is 79.4 cm³/mol. The highest BCUT2D eigenvalue weighted by Crippen LogP contribution is 2.36. The van der Waals surface area contributed by atoms with Crippen molar-refractivity contribution in [2.75, 3.05) is 27.7 Å². The van der Waals surface area contributed by atoms with E-state index in [2.05, 4.69) is 24.0 Å². The molecule has 1 aromatic rings. The lowest BCUT2D eigenvalue weighted by Gasteiger charge is -2.49. The Bertz CT molecular complexity index is 483. The molecule has 5 nitrogen and oxygen atoms in total. The number of pyridine rings is 1. The normalized spacial score (nSPS) is 16.9. The Hall–Kier alpha value is -1.46. The minimum absolute atomic E-state index is 0.0372. The van der Waals surface area contributed by atoms with E-state index >= 15 is 0 Å². The van der Waals surface area contributed by atoms with Gasteiger partial charge in [0.25, 0.3) is 5.91 Å². The third-order valence-electron chi connectivity index (χ3n) is 4.38. The number of aromatic nitrogens is 1. The predicted octanol–water partition coefficient (Wildman–Crippen LogP) is 1.10. The standard InChI is InChI=1S/C15H24N4O/c1-18(2)15(6-4-7-15)11-19(3)14(20)12-5-8-17-13(9-12)10-16/h5,8-9H,4,6-7,10-11,16H2,1-3H3. The number of likely N-dealkylation sites (N-methyl/N-ethyl adjacent to an activating group) is 2. The van der Waals surface area contributed by atoms with Gasteiger partial charge in [-0.3, -0.25) is 9.78 Å². The minimum atomic E-state index is 0.0372. The summed E-state index contributed by atoms with van der Waals surface area (Å²) in [5, 5.41) is 0. The zero-order valence-electron chi connectivity index (χ0n) is 12.6. The zero-order chi connectivity index (χ0) is 14.8. The smallest absolute Gasteiger partial charge is 0.253 e. The molecule has 2 N–H and O–H groups in total. The van der Waals surface area contributed by atoms with Crippen LogP contribution in [-0.4, -0.2) is 53.9 Å². The first-order chi connectivity index (χ1) is 9.48. The highest BCUT2D eigenvalue weighted by atomic mass is 16.2. The van der Waals surface area contributed by atoms with E-state index in [1.54, 1.807) is 18.3 Å². The number of nitrogens with zero attached hydrogens (tertiary/aromatic N) is 3. The van der Waals surface area contributed by atoms with Gasteiger partial charge < -0.3 is 15.5 Å². The van der Waals surface area contributed by atoms with Crippen LogP contribution in [0.5, 0.6) is 0 Å². The Labute approximate surface area is 120 Å². The third-order valence-corrected chi connectivity index (χ3v) is 4.38. The molecule has 110 valence electrons. The number of hydrogen-bond donors (Lipinski definition) is 1. The van der Waals surface area contributed by atoms with Crippen LogP contribution in [0.1, 0.15) is 35.3 Å². The van der Waals surface area contributed by atoms with Crippen molar-refractivity contribution in [3.8, 4) is 0 Å². The van der Waals surface area contributed by atoms with Crippen molar-refractivity contribution in [1.82, 2.24) is 14.8 Å². The quantitative estimate of drug-likeness (QED) is 0.874. The first-order valence-corrected chi connectivity index (χ1v) is 7.06. The molecule has 2 rings (SSSR count). The van der Waals surface area contributed by atoms with Gasteiger partial charge in [-0.15, -0.1) is 0 Å². The van der Waals surface area contributed by atoms with E-state index in [4.69, 9.17) is 5.73 Å². The summed E-state index contributed by atoms with van der Waals surface area (Å²) in [7, 11) is 6.06. The van der Waals surface area contributed by atoms with Gasteiger partial charge in [0, 0.05) is 37.4 Å². The lowest BCUT2D eigenvalue weighted by molar-refractivity contribution is 0.0252. The molecule has 1 aliphatic rings. The summed E-state index contributed by atoms with van der Waals surface area (Å²) in [6.45, 7) is 1.12. The van der Waals surface area contributed by atoms with E-state index in [1.807, 2.05) is 11.9 Å². The first-order valence-electron chi connectivity index (χ1n) is 7.06. The summed E-state index contributed by atoms with van der Waals surface area (Å²) in [6, 6.07) is 3.53. The lowest BCUT2D eigenvalue weighted by Crippen LogP contribution is -2.57. The Morgan fingerprint density at radius 1 is 1.40 bits per heavy atom. The van der Waals surface area contributed by atoms with Gasteiger partial charge >= 0.3 is 0 Å². The summed E-state index contributed by atoms with van der Waals surface area (Å²) in [6.07, 6.45) is 5.20. The average Bonchev–Trinajstić information content (AvgIpc) is 2.41. The molecule has 0 saturated heterocycles. The second-order valence-corrected chi connectivity index (χ2v) is 5.87. The molecule has 1 amide bonds. The fraction of sp³-hybridized carbons (Fsp3) is 0.600. The molecular weight excluding hydrogens is 252 g/mol. The molecule has 0 aliphatic heterocycles. The summed E-state index contributed by atoms with van der Waals surface area (Å²) < 4.78 is 0. The molecule has 1 heterocycles. The Morgan fingerprint density at radius 2 is 2.10 bits per heavy atom. The van der Waals surface area contributed by atoms with Gasteiger partial charge in [0.05, 0.1) is 5.69 Å². The molecule has 1 fully saturated rings. The minimum Gasteiger partial charge on any atom is -0.340 e. The maximum absolute atomic E-state index is 12.5. The third kappa shape index (κ3) is 2.83. The number of carbonyl (C=O) groups excluding carboxylic acids is 1. The van der Waals surface area contributed by atoms with Gasteiger partial charge in [0.1, 0.15) is 0 Å². The molecule has 20 heavy (non-hydrogen) atoms. The first kappa shape index (κ1) is 14.9. The van der Waals surface area contributed by atoms with Gasteiger partial charge in [0.2, 0.25) is 0 Å². The fourth-order valence-electron chi connectivity index (χ4n) is 2.79. The van der Waals surface area contributed by atoms with Crippen molar-refractivity contribution in [3.05, 3.63) is 29.6 Å². The number of amides is 1. The maximum atomic E-state index is 12.5. The summed E-state index contributed by atoms with van der Waals surface area (Å²) in [5.74, 6) is 0.0372. The van der Waals surface area contributed by atoms with Crippen LogP contribution in [0.4, 0.5) is 0 Å². The average molecular weight is 276 g/mol. The molecule has 0 unspecified atom stereocenters. The van der Waals surface area contributed by atoms with Crippen molar-refractivity contribution in [3.63, 3.8) is 0 Å². The zero-order valence-corrected chi connectivity index (χ0v) is 12.6. The number of hydrogen-bond acceptors (Lipinski definition) is 4. The molecule has 0 radical (unpaired) electrons. The summed E-state index contributed by atoms with van der Waals surface area (Å²) in [4.78, 5) is 20.7. The highest BCUT2D eigenvalue weighted by molar-refractivity contribution is 5.94. The van der Waals surface area contributed by atoms with E-state index < -0.39 is 0 Å².